The van der Waals surface area contributed by atoms with Gasteiger partial charge in [-0.1, -0.05) is 23.6 Å². The lowest BCUT2D eigenvalue weighted by Gasteiger charge is -2.24. The van der Waals surface area contributed by atoms with Crippen molar-refractivity contribution in [2.45, 2.75) is 64.2 Å². The third-order valence-corrected chi connectivity index (χ3v) is 5.04. The molecule has 1 atom stereocenters. The van der Waals surface area contributed by atoms with Gasteiger partial charge in [0.05, 0.1) is 12.4 Å². The zero-order valence-electron chi connectivity index (χ0n) is 14.3. The Morgan fingerprint density at radius 2 is 1.96 bits per heavy atom. The molecule has 0 aromatic heterocycles. The van der Waals surface area contributed by atoms with Gasteiger partial charge in [-0.2, -0.15) is 0 Å². The van der Waals surface area contributed by atoms with E-state index < -0.39 is 0 Å². The zero-order valence-corrected chi connectivity index (χ0v) is 15.1. The first kappa shape index (κ1) is 17.9. The van der Waals surface area contributed by atoms with Crippen LogP contribution in [0.5, 0.6) is 0 Å². The number of thioether (sulfide) groups is 1. The quantitative estimate of drug-likeness (QED) is 0.635. The van der Waals surface area contributed by atoms with Crippen LogP contribution in [0.1, 0.15) is 52.9 Å². The normalized spacial score (nSPS) is 22.6. The van der Waals surface area contributed by atoms with E-state index >= 15 is 0 Å². The number of nitrogens with one attached hydrogen (secondary N) is 1. The minimum atomic E-state index is -0.301. The summed E-state index contributed by atoms with van der Waals surface area (Å²) in [5.41, 5.74) is 0.876. The molecule has 1 heterocycles. The molecule has 2 rings (SSSR count). The standard InChI is InChI=1S/C18H25NO3S/c1-18(2,3)10-9-14-11-15(16(23-14)17(21)22-4)19-12-5-7-13(20)8-6-12/h12,14,19H,5-8,11H2,1-4H3. The number of hydrogen-bond acceptors (Lipinski definition) is 5. The molecule has 1 saturated carbocycles. The van der Waals surface area contributed by atoms with Crippen molar-refractivity contribution in [1.82, 2.24) is 5.32 Å². The maximum Gasteiger partial charge on any atom is 0.346 e. The minimum Gasteiger partial charge on any atom is -0.465 e. The van der Waals surface area contributed by atoms with Crippen LogP contribution in [0.3, 0.4) is 0 Å². The second-order valence-electron chi connectivity index (χ2n) is 7.09. The number of allylic oxidation sites excluding steroid dienone is 1. The van der Waals surface area contributed by atoms with E-state index in [0.717, 1.165) is 25.0 Å². The number of ether oxygens (including phenoxy) is 1. The van der Waals surface area contributed by atoms with Crippen LogP contribution in [0, 0.1) is 17.3 Å². The van der Waals surface area contributed by atoms with Gasteiger partial charge in [-0.25, -0.2) is 4.79 Å². The molecule has 1 fully saturated rings. The fourth-order valence-corrected chi connectivity index (χ4v) is 3.75. The van der Waals surface area contributed by atoms with Crippen molar-refractivity contribution in [2.75, 3.05) is 7.11 Å². The zero-order chi connectivity index (χ0) is 17.0. The average molecular weight is 335 g/mol. The largest absolute Gasteiger partial charge is 0.465 e. The van der Waals surface area contributed by atoms with Crippen molar-refractivity contribution in [1.29, 1.82) is 0 Å². The average Bonchev–Trinajstić information content (AvgIpc) is 2.89. The summed E-state index contributed by atoms with van der Waals surface area (Å²) in [7, 11) is 1.40. The highest BCUT2D eigenvalue weighted by Gasteiger charge is 2.31. The van der Waals surface area contributed by atoms with Crippen LogP contribution < -0.4 is 5.32 Å². The molecular weight excluding hydrogens is 310 g/mol. The molecule has 126 valence electrons. The van der Waals surface area contributed by atoms with Gasteiger partial charge in [0.1, 0.15) is 10.7 Å². The third kappa shape index (κ3) is 5.31. The maximum absolute atomic E-state index is 12.0. The Balaban J connectivity index is 2.07. The SMILES string of the molecule is COC(=O)C1=C(NC2CCC(=O)CC2)CC(C#CC(C)(C)C)S1. The van der Waals surface area contributed by atoms with Crippen LogP contribution in [0.4, 0.5) is 0 Å². The van der Waals surface area contributed by atoms with Crippen LogP contribution in [0.2, 0.25) is 0 Å². The van der Waals surface area contributed by atoms with Crippen molar-refractivity contribution in [3.05, 3.63) is 10.6 Å². The van der Waals surface area contributed by atoms with Gasteiger partial charge in [0.25, 0.3) is 0 Å². The van der Waals surface area contributed by atoms with E-state index in [1.54, 1.807) is 0 Å². The Labute approximate surface area is 142 Å². The molecule has 0 aromatic carbocycles. The molecule has 23 heavy (non-hydrogen) atoms. The van der Waals surface area contributed by atoms with E-state index in [1.165, 1.54) is 18.9 Å². The summed E-state index contributed by atoms with van der Waals surface area (Å²) in [6, 6.07) is 0.261. The van der Waals surface area contributed by atoms with E-state index in [1.807, 2.05) is 0 Å². The minimum absolute atomic E-state index is 0.0497. The number of methoxy groups -OCH3 is 1. The first-order chi connectivity index (χ1) is 10.8. The van der Waals surface area contributed by atoms with E-state index in [2.05, 4.69) is 37.9 Å². The van der Waals surface area contributed by atoms with Crippen LogP contribution >= 0.6 is 11.8 Å². The maximum atomic E-state index is 12.0. The molecule has 1 unspecified atom stereocenters. The van der Waals surface area contributed by atoms with Gasteiger partial charge in [-0.15, -0.1) is 0 Å². The van der Waals surface area contributed by atoms with Crippen molar-refractivity contribution in [2.24, 2.45) is 5.41 Å². The lowest BCUT2D eigenvalue weighted by Crippen LogP contribution is -2.33. The fourth-order valence-electron chi connectivity index (χ4n) is 2.63. The van der Waals surface area contributed by atoms with Crippen molar-refractivity contribution in [3.8, 4) is 11.8 Å². The van der Waals surface area contributed by atoms with Crippen LogP contribution in [0.15, 0.2) is 10.6 Å². The highest BCUT2D eigenvalue weighted by atomic mass is 32.2. The van der Waals surface area contributed by atoms with Crippen LogP contribution in [-0.2, 0) is 14.3 Å². The smallest absolute Gasteiger partial charge is 0.346 e. The predicted octanol–water partition coefficient (Wildman–Crippen LogP) is 3.03. The lowest BCUT2D eigenvalue weighted by atomic mass is 9.94. The van der Waals surface area contributed by atoms with Crippen LogP contribution in [0.25, 0.3) is 0 Å². The Morgan fingerprint density at radius 3 is 2.52 bits per heavy atom. The molecule has 1 aliphatic carbocycles. The Bertz CT molecular complexity index is 567. The fraction of sp³-hybridized carbons (Fsp3) is 0.667. The number of esters is 1. The topological polar surface area (TPSA) is 55.4 Å². The highest BCUT2D eigenvalue weighted by molar-refractivity contribution is 8.05. The van der Waals surface area contributed by atoms with Crippen molar-refractivity contribution < 1.29 is 14.3 Å². The van der Waals surface area contributed by atoms with Gasteiger partial charge in [-0.05, 0) is 33.6 Å². The monoisotopic (exact) mass is 335 g/mol. The second-order valence-corrected chi connectivity index (χ2v) is 8.30. The summed E-state index contributed by atoms with van der Waals surface area (Å²) in [5, 5.41) is 3.55. The van der Waals surface area contributed by atoms with Gasteiger partial charge in [-0.3, -0.25) is 4.79 Å². The van der Waals surface area contributed by atoms with Gasteiger partial charge in [0.2, 0.25) is 0 Å². The predicted molar refractivity (Wildman–Crippen MR) is 92.7 cm³/mol. The molecule has 1 N–H and O–H groups in total. The lowest BCUT2D eigenvalue weighted by molar-refractivity contribution is -0.135. The molecule has 1 aliphatic heterocycles. The molecule has 0 bridgehead atoms. The number of rotatable bonds is 3. The van der Waals surface area contributed by atoms with Gasteiger partial charge in [0, 0.05) is 36.4 Å². The van der Waals surface area contributed by atoms with Gasteiger partial charge in [0.15, 0.2) is 0 Å². The van der Waals surface area contributed by atoms with E-state index in [0.29, 0.717) is 23.5 Å². The number of ketones is 1. The van der Waals surface area contributed by atoms with E-state index in [4.69, 9.17) is 4.74 Å². The summed E-state index contributed by atoms with van der Waals surface area (Å²) < 4.78 is 4.90. The highest BCUT2D eigenvalue weighted by Crippen LogP contribution is 2.38. The number of carbonyl (C=O) groups is 2. The molecule has 0 radical (unpaired) electrons. The Hall–Kier alpha value is -1.41. The molecule has 0 spiro atoms. The Morgan fingerprint density at radius 1 is 1.30 bits per heavy atom. The number of hydrogen-bond donors (Lipinski definition) is 1. The molecule has 0 amide bonds. The summed E-state index contributed by atoms with van der Waals surface area (Å²) in [5.74, 6) is 6.56. The van der Waals surface area contributed by atoms with Crippen molar-refractivity contribution in [3.63, 3.8) is 0 Å². The summed E-state index contributed by atoms with van der Waals surface area (Å²) in [4.78, 5) is 24.0. The number of carbonyl (C=O) groups excluding carboxylic acids is 2. The molecular formula is C18H25NO3S. The molecule has 5 heteroatoms. The Kier molecular flexibility index (Phi) is 5.80. The third-order valence-electron chi connectivity index (χ3n) is 3.82. The molecule has 4 nitrogen and oxygen atoms in total. The first-order valence-electron chi connectivity index (χ1n) is 8.07. The second kappa shape index (κ2) is 7.44. The summed E-state index contributed by atoms with van der Waals surface area (Å²) in [6.07, 6.45) is 3.64. The molecule has 0 saturated heterocycles. The first-order valence-corrected chi connectivity index (χ1v) is 8.95. The van der Waals surface area contributed by atoms with Crippen LogP contribution in [-0.4, -0.2) is 30.2 Å². The van der Waals surface area contributed by atoms with Gasteiger partial charge < -0.3 is 10.1 Å². The molecule has 2 aliphatic rings. The molecule has 0 aromatic rings. The number of Topliss-reactive ketones (excluding diaryl/α,β-unsaturated/α-hetero) is 1. The van der Waals surface area contributed by atoms with Gasteiger partial charge >= 0.3 is 5.97 Å². The summed E-state index contributed by atoms with van der Waals surface area (Å²) >= 11 is 1.48. The summed E-state index contributed by atoms with van der Waals surface area (Å²) in [6.45, 7) is 6.23. The van der Waals surface area contributed by atoms with E-state index in [9.17, 15) is 9.59 Å². The van der Waals surface area contributed by atoms with Crippen molar-refractivity contribution >= 4 is 23.5 Å². The van der Waals surface area contributed by atoms with E-state index in [-0.39, 0.29) is 22.7 Å².